The topological polar surface area (TPSA) is 40.5 Å². The van der Waals surface area contributed by atoms with E-state index in [1.807, 2.05) is 22.3 Å². The SMILES string of the molecule is C[C@@H]1Cc2cc(O)ccc2[C@H]2CC[C@@]3(C)[C@@H](CC[C@@]3(O)/C=C/[125I])[C@H]12. The van der Waals surface area contributed by atoms with Crippen molar-refractivity contribution in [3.63, 3.8) is 0 Å². The molecule has 4 rings (SSSR count). The standard InChI is InChI=1S/C21H27IO2/c1-13-11-14-12-15(23)3-4-16(14)17-5-7-20(2)18(19(13)17)6-8-21(20,24)9-10-22/h3-4,9-10,12-13,17-19,23-24H,5-8,11H2,1-2H3/b10-9+/t13-,17-,18+,19-,20+,21-/m1/s1/i22-2. The van der Waals surface area contributed by atoms with Crippen molar-refractivity contribution in [1.29, 1.82) is 0 Å². The third kappa shape index (κ3) is 2.23. The summed E-state index contributed by atoms with van der Waals surface area (Å²) >= 11 is 2.24. The molecule has 130 valence electrons. The van der Waals surface area contributed by atoms with Gasteiger partial charge in [0, 0.05) is 5.41 Å². The number of phenolic OH excluding ortho intramolecular Hbond substituents is 1. The average molecular weight is 436 g/mol. The van der Waals surface area contributed by atoms with Crippen LogP contribution in [-0.4, -0.2) is 15.8 Å². The maximum absolute atomic E-state index is 11.3. The fourth-order valence-electron chi connectivity index (χ4n) is 6.40. The molecule has 1 aromatic carbocycles. The van der Waals surface area contributed by atoms with Crippen molar-refractivity contribution in [1.82, 2.24) is 0 Å². The van der Waals surface area contributed by atoms with Crippen molar-refractivity contribution >= 4 is 22.6 Å². The number of halogens is 1. The van der Waals surface area contributed by atoms with E-state index in [2.05, 4.69) is 42.5 Å². The average Bonchev–Trinajstić information content (AvgIpc) is 2.79. The van der Waals surface area contributed by atoms with Gasteiger partial charge in [-0.3, -0.25) is 0 Å². The summed E-state index contributed by atoms with van der Waals surface area (Å²) in [6, 6.07) is 5.98. The first kappa shape index (κ1) is 16.9. The predicted molar refractivity (Wildman–Crippen MR) is 105 cm³/mol. The van der Waals surface area contributed by atoms with Gasteiger partial charge in [-0.1, -0.05) is 42.5 Å². The van der Waals surface area contributed by atoms with E-state index in [4.69, 9.17) is 0 Å². The molecule has 2 N–H and O–H groups in total. The minimum absolute atomic E-state index is 0.00147. The molecule has 0 aromatic heterocycles. The number of rotatable bonds is 1. The quantitative estimate of drug-likeness (QED) is 0.596. The van der Waals surface area contributed by atoms with E-state index in [1.54, 1.807) is 0 Å². The number of fused-ring (bicyclic) bond motifs is 5. The number of aliphatic hydroxyl groups is 1. The molecule has 3 heteroatoms. The minimum atomic E-state index is -0.640. The first-order valence-electron chi connectivity index (χ1n) is 9.22. The van der Waals surface area contributed by atoms with Gasteiger partial charge in [0.15, 0.2) is 0 Å². The van der Waals surface area contributed by atoms with Crippen LogP contribution >= 0.6 is 22.6 Å². The lowest BCUT2D eigenvalue weighted by Gasteiger charge is -2.54. The molecule has 1 aromatic rings. The fraction of sp³-hybridized carbons (Fsp3) is 0.619. The Labute approximate surface area is 158 Å². The Morgan fingerprint density at radius 2 is 2.04 bits per heavy atom. The second kappa shape index (κ2) is 5.73. The molecule has 0 heterocycles. The number of hydrogen-bond donors (Lipinski definition) is 2. The number of phenols is 1. The smallest absolute Gasteiger partial charge is 0.115 e. The summed E-state index contributed by atoms with van der Waals surface area (Å²) in [7, 11) is 0. The summed E-state index contributed by atoms with van der Waals surface area (Å²) in [6.45, 7) is 4.71. The largest absolute Gasteiger partial charge is 0.508 e. The van der Waals surface area contributed by atoms with Gasteiger partial charge in [0.25, 0.3) is 0 Å². The van der Waals surface area contributed by atoms with Gasteiger partial charge in [-0.25, -0.2) is 0 Å². The Balaban J connectivity index is 1.75. The first-order chi connectivity index (χ1) is 11.4. The monoisotopic (exact) mass is 436 g/mol. The number of benzene rings is 1. The molecular weight excluding hydrogens is 409 g/mol. The second-order valence-electron chi connectivity index (χ2n) is 8.57. The zero-order valence-corrected chi connectivity index (χ0v) is 16.7. The second-order valence-corrected chi connectivity index (χ2v) is 9.29. The van der Waals surface area contributed by atoms with Crippen LogP contribution in [-0.2, 0) is 6.42 Å². The molecule has 2 fully saturated rings. The van der Waals surface area contributed by atoms with Gasteiger partial charge in [0.1, 0.15) is 5.75 Å². The van der Waals surface area contributed by atoms with Crippen LogP contribution in [0, 0.1) is 23.2 Å². The summed E-state index contributed by atoms with van der Waals surface area (Å²) in [5.74, 6) is 2.83. The van der Waals surface area contributed by atoms with Crippen LogP contribution in [0.25, 0.3) is 0 Å². The Morgan fingerprint density at radius 1 is 1.25 bits per heavy atom. The highest BCUT2D eigenvalue weighted by Crippen LogP contribution is 2.65. The lowest BCUT2D eigenvalue weighted by Crippen LogP contribution is -2.51. The molecule has 0 bridgehead atoms. The Hall–Kier alpha value is -0.550. The summed E-state index contributed by atoms with van der Waals surface area (Å²) < 4.78 is 2.00. The molecule has 0 unspecified atom stereocenters. The van der Waals surface area contributed by atoms with Gasteiger partial charge in [-0.15, -0.1) is 0 Å². The molecule has 3 aliphatic carbocycles. The summed E-state index contributed by atoms with van der Waals surface area (Å²) in [5, 5.41) is 21.2. The Bertz CT molecular complexity index is 684. The normalized spacial score (nSPS) is 44.2. The van der Waals surface area contributed by atoms with E-state index in [0.29, 0.717) is 29.4 Å². The molecule has 0 radical (unpaired) electrons. The van der Waals surface area contributed by atoms with E-state index in [1.165, 1.54) is 11.1 Å². The third-order valence-corrected chi connectivity index (χ3v) is 7.97. The van der Waals surface area contributed by atoms with Crippen LogP contribution < -0.4 is 0 Å². The van der Waals surface area contributed by atoms with Gasteiger partial charge >= 0.3 is 0 Å². The summed E-state index contributed by atoms with van der Waals surface area (Å²) in [5.41, 5.74) is 2.16. The molecule has 0 amide bonds. The molecule has 0 spiro atoms. The van der Waals surface area contributed by atoms with Crippen molar-refractivity contribution in [2.24, 2.45) is 23.2 Å². The van der Waals surface area contributed by atoms with Crippen molar-refractivity contribution in [2.45, 2.75) is 57.5 Å². The highest BCUT2D eigenvalue weighted by Gasteiger charge is 2.61. The molecule has 3 aliphatic rings. The predicted octanol–water partition coefficient (Wildman–Crippen LogP) is 5.17. The minimum Gasteiger partial charge on any atom is -0.508 e. The maximum atomic E-state index is 11.3. The maximum Gasteiger partial charge on any atom is 0.115 e. The van der Waals surface area contributed by atoms with Crippen molar-refractivity contribution in [3.8, 4) is 5.75 Å². The van der Waals surface area contributed by atoms with E-state index in [0.717, 1.165) is 32.1 Å². The molecule has 0 saturated heterocycles. The molecule has 0 aliphatic heterocycles. The zero-order chi connectivity index (χ0) is 17.1. The lowest BCUT2D eigenvalue weighted by atomic mass is 9.51. The first-order valence-corrected chi connectivity index (χ1v) is 10.5. The van der Waals surface area contributed by atoms with Crippen molar-refractivity contribution in [3.05, 3.63) is 39.5 Å². The van der Waals surface area contributed by atoms with Gasteiger partial charge in [-0.05, 0) is 89.2 Å². The number of hydrogen-bond acceptors (Lipinski definition) is 2. The van der Waals surface area contributed by atoms with Crippen LogP contribution in [0.3, 0.4) is 0 Å². The third-order valence-electron chi connectivity index (χ3n) is 7.61. The lowest BCUT2D eigenvalue weighted by molar-refractivity contribution is -0.0789. The van der Waals surface area contributed by atoms with Crippen LogP contribution in [0.4, 0.5) is 0 Å². The Morgan fingerprint density at radius 3 is 2.79 bits per heavy atom. The van der Waals surface area contributed by atoms with E-state index < -0.39 is 5.60 Å². The van der Waals surface area contributed by atoms with Crippen molar-refractivity contribution in [2.75, 3.05) is 0 Å². The van der Waals surface area contributed by atoms with E-state index >= 15 is 0 Å². The van der Waals surface area contributed by atoms with Crippen LogP contribution in [0.2, 0.25) is 0 Å². The molecule has 2 saturated carbocycles. The fourth-order valence-corrected chi connectivity index (χ4v) is 6.99. The van der Waals surface area contributed by atoms with Gasteiger partial charge < -0.3 is 10.2 Å². The van der Waals surface area contributed by atoms with Gasteiger partial charge in [0.2, 0.25) is 0 Å². The van der Waals surface area contributed by atoms with Crippen LogP contribution in [0.15, 0.2) is 28.4 Å². The number of aromatic hydroxyl groups is 1. The highest BCUT2D eigenvalue weighted by molar-refractivity contribution is 14.1. The molecule has 24 heavy (non-hydrogen) atoms. The molecule has 6 atom stereocenters. The molecular formula is C21H27IO2. The Kier molecular flexibility index (Phi) is 4.03. The summed E-state index contributed by atoms with van der Waals surface area (Å²) in [6.07, 6.45) is 7.37. The van der Waals surface area contributed by atoms with Gasteiger partial charge in [0.05, 0.1) is 5.60 Å². The van der Waals surface area contributed by atoms with Gasteiger partial charge in [-0.2, -0.15) is 0 Å². The van der Waals surface area contributed by atoms with Crippen LogP contribution in [0.5, 0.6) is 5.75 Å². The van der Waals surface area contributed by atoms with E-state index in [-0.39, 0.29) is 5.41 Å². The van der Waals surface area contributed by atoms with Crippen LogP contribution in [0.1, 0.15) is 56.6 Å². The van der Waals surface area contributed by atoms with Crippen molar-refractivity contribution < 1.29 is 10.2 Å². The zero-order valence-electron chi connectivity index (χ0n) is 14.5. The molecule has 2 nitrogen and oxygen atoms in total. The summed E-state index contributed by atoms with van der Waals surface area (Å²) in [4.78, 5) is 0. The highest BCUT2D eigenvalue weighted by atomic mass is 125. The van der Waals surface area contributed by atoms with E-state index in [9.17, 15) is 10.2 Å².